The van der Waals surface area contributed by atoms with Crippen LogP contribution < -0.4 is 21.2 Å². The standard InChI is InChI=1S/C26H24OP2/c1-28(23-15-7-3-8-16-23,24-17-9-4-10-18-24)27-29(2,25-19-11-5-12-20-25)26-21-13-6-14-22-26/h3-22H,1-2H2. The van der Waals surface area contributed by atoms with Gasteiger partial charge < -0.3 is 4.31 Å². The Kier molecular flexibility index (Phi) is 5.74. The Hall–Kier alpha value is -2.56. The fourth-order valence-corrected chi connectivity index (χ4v) is 10.0. The fourth-order valence-electron chi connectivity index (χ4n) is 3.40. The van der Waals surface area contributed by atoms with Crippen LogP contribution in [0.1, 0.15) is 0 Å². The molecule has 29 heavy (non-hydrogen) atoms. The highest BCUT2D eigenvalue weighted by Crippen LogP contribution is 2.60. The smallest absolute Gasteiger partial charge is 0.0620 e. The van der Waals surface area contributed by atoms with E-state index in [9.17, 15) is 0 Å². The second-order valence-corrected chi connectivity index (χ2v) is 12.6. The van der Waals surface area contributed by atoms with Crippen molar-refractivity contribution in [3.63, 3.8) is 0 Å². The molecule has 0 fully saturated rings. The Bertz CT molecular complexity index is 973. The first kappa shape index (κ1) is 19.7. The Morgan fingerprint density at radius 3 is 0.793 bits per heavy atom. The predicted molar refractivity (Wildman–Crippen MR) is 133 cm³/mol. The van der Waals surface area contributed by atoms with E-state index in [1.807, 2.05) is 24.3 Å². The molecule has 0 bridgehead atoms. The van der Waals surface area contributed by atoms with Crippen LogP contribution in [0.3, 0.4) is 0 Å². The average molecular weight is 414 g/mol. The number of hydrogen-bond donors (Lipinski definition) is 0. The minimum absolute atomic E-state index is 1.12. The summed E-state index contributed by atoms with van der Waals surface area (Å²) in [6.07, 6.45) is 9.45. The van der Waals surface area contributed by atoms with Crippen LogP contribution >= 0.6 is 14.2 Å². The highest BCUT2D eigenvalue weighted by atomic mass is 31.2. The summed E-state index contributed by atoms with van der Waals surface area (Å²) in [5.41, 5.74) is 0. The molecular formula is C26H24OP2. The van der Waals surface area contributed by atoms with Crippen LogP contribution in [0, 0.1) is 0 Å². The van der Waals surface area contributed by atoms with Crippen molar-refractivity contribution in [1.82, 2.24) is 0 Å². The maximum absolute atomic E-state index is 7.17. The summed E-state index contributed by atoms with van der Waals surface area (Å²) in [7, 11) is -4.78. The van der Waals surface area contributed by atoms with Gasteiger partial charge in [0.15, 0.2) is 0 Å². The molecule has 0 amide bonds. The van der Waals surface area contributed by atoms with Crippen LogP contribution in [-0.2, 0) is 4.31 Å². The fraction of sp³-hybridized carbons (Fsp3) is 0. The Balaban J connectivity index is 1.93. The molecule has 144 valence electrons. The molecule has 4 aromatic rings. The second-order valence-electron chi connectivity index (χ2n) is 6.90. The average Bonchev–Trinajstić information content (AvgIpc) is 2.81. The zero-order chi connectivity index (χ0) is 20.2. The molecule has 4 rings (SSSR count). The van der Waals surface area contributed by atoms with Crippen molar-refractivity contribution in [1.29, 1.82) is 0 Å². The predicted octanol–water partition coefficient (Wildman–Crippen LogP) is 5.03. The maximum atomic E-state index is 7.17. The van der Waals surface area contributed by atoms with E-state index >= 15 is 0 Å². The van der Waals surface area contributed by atoms with Crippen molar-refractivity contribution in [2.75, 3.05) is 0 Å². The van der Waals surface area contributed by atoms with Gasteiger partial charge in [-0.15, -0.1) is 0 Å². The van der Waals surface area contributed by atoms with Crippen molar-refractivity contribution < 1.29 is 4.31 Å². The van der Waals surface area contributed by atoms with Gasteiger partial charge in [-0.2, -0.15) is 0 Å². The highest BCUT2D eigenvalue weighted by Gasteiger charge is 2.30. The zero-order valence-electron chi connectivity index (χ0n) is 16.3. The summed E-state index contributed by atoms with van der Waals surface area (Å²) in [4.78, 5) is 0. The largest absolute Gasteiger partial charge is 0.325 e. The molecule has 0 aliphatic heterocycles. The van der Waals surface area contributed by atoms with Crippen LogP contribution in [0.4, 0.5) is 0 Å². The van der Waals surface area contributed by atoms with Crippen LogP contribution in [-0.4, -0.2) is 12.6 Å². The summed E-state index contributed by atoms with van der Waals surface area (Å²) in [6, 6.07) is 41.5. The third kappa shape index (κ3) is 3.96. The normalized spacial score (nSPS) is 11.9. The lowest BCUT2D eigenvalue weighted by atomic mass is 10.4. The molecule has 4 aromatic carbocycles. The minimum atomic E-state index is -2.39. The van der Waals surface area contributed by atoms with E-state index in [0.29, 0.717) is 0 Å². The summed E-state index contributed by atoms with van der Waals surface area (Å²) in [5, 5.41) is 4.47. The van der Waals surface area contributed by atoms with Crippen molar-refractivity contribution in [3.05, 3.63) is 121 Å². The highest BCUT2D eigenvalue weighted by molar-refractivity contribution is 7.94. The van der Waals surface area contributed by atoms with Gasteiger partial charge in [-0.25, -0.2) is 0 Å². The van der Waals surface area contributed by atoms with Gasteiger partial charge >= 0.3 is 0 Å². The Morgan fingerprint density at radius 1 is 0.379 bits per heavy atom. The molecule has 0 spiro atoms. The molecule has 1 nitrogen and oxygen atoms in total. The molecule has 0 atom stereocenters. The van der Waals surface area contributed by atoms with Crippen molar-refractivity contribution in [2.24, 2.45) is 0 Å². The number of rotatable bonds is 6. The Morgan fingerprint density at radius 2 is 0.586 bits per heavy atom. The van der Waals surface area contributed by atoms with Crippen LogP contribution in [0.2, 0.25) is 0 Å². The maximum Gasteiger partial charge on any atom is 0.0620 e. The molecule has 0 aliphatic rings. The first-order chi connectivity index (χ1) is 14.1. The first-order valence-electron chi connectivity index (χ1n) is 9.53. The molecule has 0 aliphatic carbocycles. The quantitative estimate of drug-likeness (QED) is 0.402. The monoisotopic (exact) mass is 414 g/mol. The lowest BCUT2D eigenvalue weighted by Gasteiger charge is -2.35. The van der Waals surface area contributed by atoms with Gasteiger partial charge in [0.05, 0.1) is 14.2 Å². The zero-order valence-corrected chi connectivity index (χ0v) is 18.1. The van der Waals surface area contributed by atoms with Gasteiger partial charge in [0.25, 0.3) is 0 Å². The molecule has 0 unspecified atom stereocenters. The van der Waals surface area contributed by atoms with Crippen LogP contribution in [0.5, 0.6) is 0 Å². The van der Waals surface area contributed by atoms with Crippen LogP contribution in [0.25, 0.3) is 0 Å². The van der Waals surface area contributed by atoms with E-state index in [1.165, 1.54) is 0 Å². The van der Waals surface area contributed by atoms with Gasteiger partial charge in [0.2, 0.25) is 0 Å². The summed E-state index contributed by atoms with van der Waals surface area (Å²) in [6.45, 7) is 0. The topological polar surface area (TPSA) is 9.23 Å². The van der Waals surface area contributed by atoms with Gasteiger partial charge in [0, 0.05) is 21.2 Å². The van der Waals surface area contributed by atoms with Crippen molar-refractivity contribution >= 4 is 48.0 Å². The molecular weight excluding hydrogens is 390 g/mol. The first-order valence-corrected chi connectivity index (χ1v) is 13.3. The van der Waals surface area contributed by atoms with Crippen molar-refractivity contribution in [3.8, 4) is 0 Å². The van der Waals surface area contributed by atoms with Crippen LogP contribution in [0.15, 0.2) is 121 Å². The minimum Gasteiger partial charge on any atom is -0.325 e. The molecule has 0 aromatic heterocycles. The van der Waals surface area contributed by atoms with Gasteiger partial charge in [-0.1, -0.05) is 134 Å². The van der Waals surface area contributed by atoms with Gasteiger partial charge in [-0.05, 0) is 0 Å². The Labute approximate surface area is 173 Å². The molecule has 0 N–H and O–H groups in total. The molecule has 0 radical (unpaired) electrons. The molecule has 0 heterocycles. The van der Waals surface area contributed by atoms with E-state index in [2.05, 4.69) is 97.1 Å². The van der Waals surface area contributed by atoms with Gasteiger partial charge in [-0.3, -0.25) is 0 Å². The van der Waals surface area contributed by atoms with E-state index in [0.717, 1.165) is 21.2 Å². The molecule has 3 heteroatoms. The SMILES string of the molecule is C=P(OP(=C)(c1ccccc1)c1ccccc1)(c1ccccc1)c1ccccc1. The van der Waals surface area contributed by atoms with Crippen molar-refractivity contribution in [2.45, 2.75) is 0 Å². The lowest BCUT2D eigenvalue weighted by molar-refractivity contribution is 0.713. The number of hydrogen-bond acceptors (Lipinski definition) is 1. The molecule has 0 saturated heterocycles. The van der Waals surface area contributed by atoms with E-state index < -0.39 is 14.2 Å². The van der Waals surface area contributed by atoms with E-state index in [1.54, 1.807) is 0 Å². The van der Waals surface area contributed by atoms with E-state index in [-0.39, 0.29) is 0 Å². The number of benzene rings is 4. The van der Waals surface area contributed by atoms with E-state index in [4.69, 9.17) is 16.9 Å². The summed E-state index contributed by atoms with van der Waals surface area (Å²) < 4.78 is 7.17. The third-order valence-electron chi connectivity index (χ3n) is 4.97. The molecule has 0 saturated carbocycles. The second kappa shape index (κ2) is 8.44. The lowest BCUT2D eigenvalue weighted by Crippen LogP contribution is -2.24. The van der Waals surface area contributed by atoms with Gasteiger partial charge in [0.1, 0.15) is 0 Å². The summed E-state index contributed by atoms with van der Waals surface area (Å²) in [5.74, 6) is 0. The third-order valence-corrected chi connectivity index (χ3v) is 11.7. The summed E-state index contributed by atoms with van der Waals surface area (Å²) >= 11 is 0.